The number of rotatable bonds is 5. The van der Waals surface area contributed by atoms with Gasteiger partial charge in [0.1, 0.15) is 10.6 Å². The Kier molecular flexibility index (Phi) is 3.33. The fraction of sp³-hybridized carbons (Fsp3) is 0.529. The van der Waals surface area contributed by atoms with E-state index >= 15 is 0 Å². The zero-order valence-electron chi connectivity index (χ0n) is 12.9. The number of amides is 1. The van der Waals surface area contributed by atoms with Gasteiger partial charge in [0.15, 0.2) is 10.8 Å². The van der Waals surface area contributed by atoms with Crippen molar-refractivity contribution in [3.8, 4) is 10.8 Å². The van der Waals surface area contributed by atoms with Gasteiger partial charge < -0.3 is 9.73 Å². The smallest absolute Gasteiger partial charge is 0.263 e. The largest absolute Gasteiger partial charge is 0.459 e. The van der Waals surface area contributed by atoms with Crippen molar-refractivity contribution in [3.05, 3.63) is 28.5 Å². The average molecular weight is 316 g/mol. The highest BCUT2D eigenvalue weighted by Crippen LogP contribution is 2.44. The maximum absolute atomic E-state index is 12.6. The zero-order valence-corrected chi connectivity index (χ0v) is 13.7. The van der Waals surface area contributed by atoms with Crippen molar-refractivity contribution in [3.63, 3.8) is 0 Å². The van der Waals surface area contributed by atoms with Gasteiger partial charge in [-0.3, -0.25) is 4.79 Å². The van der Waals surface area contributed by atoms with Crippen molar-refractivity contribution in [1.29, 1.82) is 0 Å². The molecule has 116 valence electrons. The molecule has 0 spiro atoms. The third-order valence-corrected chi connectivity index (χ3v) is 5.68. The number of aromatic nitrogens is 1. The van der Waals surface area contributed by atoms with Gasteiger partial charge in [-0.1, -0.05) is 0 Å². The van der Waals surface area contributed by atoms with Crippen molar-refractivity contribution < 1.29 is 9.21 Å². The van der Waals surface area contributed by atoms with Crippen LogP contribution in [0.15, 0.2) is 16.5 Å². The van der Waals surface area contributed by atoms with Crippen molar-refractivity contribution in [1.82, 2.24) is 10.3 Å². The Labute approximate surface area is 133 Å². The van der Waals surface area contributed by atoms with Crippen molar-refractivity contribution in [2.45, 2.75) is 45.6 Å². The van der Waals surface area contributed by atoms with Crippen molar-refractivity contribution >= 4 is 17.2 Å². The molecule has 0 unspecified atom stereocenters. The molecule has 0 atom stereocenters. The lowest BCUT2D eigenvalue weighted by Crippen LogP contribution is -2.38. The van der Waals surface area contributed by atoms with E-state index in [2.05, 4.69) is 10.3 Å². The Morgan fingerprint density at radius 3 is 2.50 bits per heavy atom. The highest BCUT2D eigenvalue weighted by Gasteiger charge is 2.42. The summed E-state index contributed by atoms with van der Waals surface area (Å²) in [5.41, 5.74) is 0.789. The summed E-state index contributed by atoms with van der Waals surface area (Å²) in [4.78, 5) is 17.8. The van der Waals surface area contributed by atoms with Crippen LogP contribution >= 0.6 is 11.3 Å². The van der Waals surface area contributed by atoms with Crippen LogP contribution in [0.25, 0.3) is 10.8 Å². The summed E-state index contributed by atoms with van der Waals surface area (Å²) in [7, 11) is 0. The number of carbonyl (C=O) groups is 1. The molecule has 2 fully saturated rings. The van der Waals surface area contributed by atoms with Gasteiger partial charge >= 0.3 is 0 Å². The molecule has 2 aromatic heterocycles. The standard InChI is InChI=1S/C17H20N2O2S/c1-9-3-8-13(21-9)17-18-10(2)15(22-17)16(20)19-14(11-4-5-11)12-6-7-12/h3,8,11-12,14H,4-7H2,1-2H3,(H,19,20). The molecular weight excluding hydrogens is 296 g/mol. The normalized spacial score (nSPS) is 18.0. The number of hydrogen-bond donors (Lipinski definition) is 1. The van der Waals surface area contributed by atoms with Gasteiger partial charge in [-0.15, -0.1) is 11.3 Å². The molecule has 22 heavy (non-hydrogen) atoms. The van der Waals surface area contributed by atoms with E-state index in [1.54, 1.807) is 0 Å². The lowest BCUT2D eigenvalue weighted by molar-refractivity contribution is 0.0929. The van der Waals surface area contributed by atoms with E-state index in [0.717, 1.165) is 27.1 Å². The number of hydrogen-bond acceptors (Lipinski definition) is 4. The predicted molar refractivity (Wildman–Crippen MR) is 86.0 cm³/mol. The molecule has 4 rings (SSSR count). The van der Waals surface area contributed by atoms with Gasteiger partial charge in [-0.2, -0.15) is 0 Å². The number of nitrogens with zero attached hydrogens (tertiary/aromatic N) is 1. The highest BCUT2D eigenvalue weighted by molar-refractivity contribution is 7.17. The minimum Gasteiger partial charge on any atom is -0.459 e. The summed E-state index contributed by atoms with van der Waals surface area (Å²) in [6.07, 6.45) is 5.06. The van der Waals surface area contributed by atoms with Crippen molar-refractivity contribution in [2.75, 3.05) is 0 Å². The Balaban J connectivity index is 1.54. The van der Waals surface area contributed by atoms with Crippen molar-refractivity contribution in [2.24, 2.45) is 11.8 Å². The number of thiazole rings is 1. The van der Waals surface area contributed by atoms with E-state index in [1.807, 2.05) is 26.0 Å². The third kappa shape index (κ3) is 2.70. The summed E-state index contributed by atoms with van der Waals surface area (Å²) in [6.45, 7) is 3.81. The molecule has 2 aliphatic carbocycles. The topological polar surface area (TPSA) is 55.1 Å². The molecule has 2 saturated carbocycles. The second-order valence-corrected chi connectivity index (χ2v) is 7.52. The van der Waals surface area contributed by atoms with Crippen LogP contribution < -0.4 is 5.32 Å². The summed E-state index contributed by atoms with van der Waals surface area (Å²) in [5.74, 6) is 3.05. The van der Waals surface area contributed by atoms with Gasteiger partial charge in [0.05, 0.1) is 5.69 Å². The molecule has 1 amide bonds. The van der Waals surface area contributed by atoms with Crippen LogP contribution in [0, 0.1) is 25.7 Å². The van der Waals surface area contributed by atoms with E-state index in [4.69, 9.17) is 4.42 Å². The lowest BCUT2D eigenvalue weighted by atomic mass is 10.1. The first kappa shape index (κ1) is 14.0. The van der Waals surface area contributed by atoms with Crippen LogP contribution in [0.4, 0.5) is 0 Å². The van der Waals surface area contributed by atoms with E-state index in [1.165, 1.54) is 37.0 Å². The average Bonchev–Trinajstić information content (AvgIpc) is 3.40. The molecule has 2 aliphatic rings. The second kappa shape index (κ2) is 5.23. The first-order chi connectivity index (χ1) is 10.6. The van der Waals surface area contributed by atoms with E-state index in [0.29, 0.717) is 17.9 Å². The first-order valence-corrected chi connectivity index (χ1v) is 8.78. The molecule has 5 heteroatoms. The second-order valence-electron chi connectivity index (χ2n) is 6.52. The fourth-order valence-corrected chi connectivity index (χ4v) is 3.94. The van der Waals surface area contributed by atoms with Gasteiger partial charge in [-0.25, -0.2) is 4.98 Å². The molecular formula is C17H20N2O2S. The summed E-state index contributed by atoms with van der Waals surface area (Å²) < 4.78 is 5.61. The quantitative estimate of drug-likeness (QED) is 0.909. The molecule has 0 radical (unpaired) electrons. The van der Waals surface area contributed by atoms with Crippen LogP contribution in [-0.2, 0) is 0 Å². The third-order valence-electron chi connectivity index (χ3n) is 4.51. The Morgan fingerprint density at radius 2 is 1.95 bits per heavy atom. The minimum atomic E-state index is 0.0355. The molecule has 0 aromatic carbocycles. The maximum atomic E-state index is 12.6. The summed E-state index contributed by atoms with van der Waals surface area (Å²) in [5, 5.41) is 4.05. The minimum absolute atomic E-state index is 0.0355. The zero-order chi connectivity index (χ0) is 15.3. The number of furan rings is 1. The summed E-state index contributed by atoms with van der Waals surface area (Å²) >= 11 is 1.42. The number of nitrogens with one attached hydrogen (secondary N) is 1. The molecule has 1 N–H and O–H groups in total. The summed E-state index contributed by atoms with van der Waals surface area (Å²) in [6, 6.07) is 4.21. The molecule has 0 saturated heterocycles. The lowest BCUT2D eigenvalue weighted by Gasteiger charge is -2.17. The Bertz CT molecular complexity index is 698. The Hall–Kier alpha value is -1.62. The number of carbonyl (C=O) groups excluding carboxylic acids is 1. The SMILES string of the molecule is Cc1ccc(-c2nc(C)c(C(=O)NC(C3CC3)C3CC3)s2)o1. The molecule has 4 nitrogen and oxygen atoms in total. The fourth-order valence-electron chi connectivity index (χ4n) is 3.01. The molecule has 2 heterocycles. The maximum Gasteiger partial charge on any atom is 0.263 e. The van der Waals surface area contributed by atoms with Crippen LogP contribution in [-0.4, -0.2) is 16.9 Å². The van der Waals surface area contributed by atoms with E-state index in [9.17, 15) is 4.79 Å². The van der Waals surface area contributed by atoms with Crippen LogP contribution in [0.1, 0.15) is 46.8 Å². The van der Waals surface area contributed by atoms with Crippen LogP contribution in [0.2, 0.25) is 0 Å². The van der Waals surface area contributed by atoms with Crippen LogP contribution in [0.5, 0.6) is 0 Å². The molecule has 0 bridgehead atoms. The van der Waals surface area contributed by atoms with Crippen LogP contribution in [0.3, 0.4) is 0 Å². The van der Waals surface area contributed by atoms with Gasteiger partial charge in [0.2, 0.25) is 0 Å². The van der Waals surface area contributed by atoms with Gasteiger partial charge in [0.25, 0.3) is 5.91 Å². The van der Waals surface area contributed by atoms with E-state index in [-0.39, 0.29) is 5.91 Å². The van der Waals surface area contributed by atoms with Gasteiger partial charge in [-0.05, 0) is 63.5 Å². The Morgan fingerprint density at radius 1 is 1.27 bits per heavy atom. The monoisotopic (exact) mass is 316 g/mol. The molecule has 2 aromatic rings. The van der Waals surface area contributed by atoms with E-state index < -0.39 is 0 Å². The molecule has 0 aliphatic heterocycles. The predicted octanol–water partition coefficient (Wildman–Crippen LogP) is 3.94. The highest BCUT2D eigenvalue weighted by atomic mass is 32.1. The number of aryl methyl sites for hydroxylation is 2. The first-order valence-electron chi connectivity index (χ1n) is 7.97. The van der Waals surface area contributed by atoms with Gasteiger partial charge in [0, 0.05) is 6.04 Å².